The molecule has 3 heteroatoms. The van der Waals surface area contributed by atoms with Crippen molar-refractivity contribution < 1.29 is 0 Å². The minimum absolute atomic E-state index is 0.295. The predicted molar refractivity (Wildman–Crippen MR) is 88.2 cm³/mol. The Balaban J connectivity index is 1.79. The first-order chi connectivity index (χ1) is 9.65. The third-order valence-electron chi connectivity index (χ3n) is 4.01. The lowest BCUT2D eigenvalue weighted by Crippen LogP contribution is -2.23. The summed E-state index contributed by atoms with van der Waals surface area (Å²) in [5, 5.41) is 4.52. The van der Waals surface area contributed by atoms with Gasteiger partial charge in [-0.1, -0.05) is 51.8 Å². The maximum Gasteiger partial charge on any atom is 0.0409 e. The molecule has 2 atom stereocenters. The van der Waals surface area contributed by atoms with Crippen molar-refractivity contribution in [3.63, 3.8) is 0 Å². The maximum absolute atomic E-state index is 6.07. The molecule has 3 rings (SSSR count). The summed E-state index contributed by atoms with van der Waals surface area (Å²) in [6, 6.07) is 15.3. The molecular weight excluding hydrogens is 334 g/mol. The Morgan fingerprint density at radius 3 is 2.85 bits per heavy atom. The largest absolute Gasteiger partial charge is 0.303 e. The first-order valence-electron chi connectivity index (χ1n) is 6.94. The molecule has 0 spiro atoms. The second-order valence-corrected chi connectivity index (χ2v) is 6.63. The van der Waals surface area contributed by atoms with Gasteiger partial charge in [0.2, 0.25) is 0 Å². The average Bonchev–Trinajstić information content (AvgIpc) is 2.83. The van der Waals surface area contributed by atoms with Gasteiger partial charge in [0.25, 0.3) is 0 Å². The molecule has 0 fully saturated rings. The SMILES string of the molecule is C[C@@H](NC1CCc2c(Br)cccc21)c1cccc(Cl)c1. The summed E-state index contributed by atoms with van der Waals surface area (Å²) in [5.74, 6) is 0. The van der Waals surface area contributed by atoms with Gasteiger partial charge in [0, 0.05) is 21.6 Å². The van der Waals surface area contributed by atoms with Gasteiger partial charge >= 0.3 is 0 Å². The van der Waals surface area contributed by atoms with Gasteiger partial charge < -0.3 is 5.32 Å². The number of hydrogen-bond acceptors (Lipinski definition) is 1. The lowest BCUT2D eigenvalue weighted by atomic mass is 10.0. The van der Waals surface area contributed by atoms with E-state index < -0.39 is 0 Å². The van der Waals surface area contributed by atoms with E-state index in [4.69, 9.17) is 11.6 Å². The van der Waals surface area contributed by atoms with E-state index in [1.807, 2.05) is 18.2 Å². The topological polar surface area (TPSA) is 12.0 Å². The third kappa shape index (κ3) is 2.78. The van der Waals surface area contributed by atoms with Gasteiger partial charge in [-0.15, -0.1) is 0 Å². The van der Waals surface area contributed by atoms with E-state index >= 15 is 0 Å². The van der Waals surface area contributed by atoms with Crippen LogP contribution in [0.4, 0.5) is 0 Å². The normalized spacial score (nSPS) is 18.9. The van der Waals surface area contributed by atoms with Crippen molar-refractivity contribution in [1.82, 2.24) is 5.32 Å². The zero-order chi connectivity index (χ0) is 14.1. The molecule has 0 saturated carbocycles. The second-order valence-electron chi connectivity index (χ2n) is 5.34. The molecule has 20 heavy (non-hydrogen) atoms. The van der Waals surface area contributed by atoms with E-state index in [1.165, 1.54) is 21.2 Å². The van der Waals surface area contributed by atoms with Crippen molar-refractivity contribution in [2.24, 2.45) is 0 Å². The van der Waals surface area contributed by atoms with Crippen molar-refractivity contribution in [3.8, 4) is 0 Å². The molecule has 0 saturated heterocycles. The highest BCUT2D eigenvalue weighted by Gasteiger charge is 2.25. The Morgan fingerprint density at radius 1 is 1.25 bits per heavy atom. The maximum atomic E-state index is 6.07. The molecule has 0 amide bonds. The number of fused-ring (bicyclic) bond motifs is 1. The highest BCUT2D eigenvalue weighted by Crippen LogP contribution is 2.37. The lowest BCUT2D eigenvalue weighted by molar-refractivity contribution is 0.465. The predicted octanol–water partition coefficient (Wildman–Crippen LogP) is 5.44. The lowest BCUT2D eigenvalue weighted by Gasteiger charge is -2.21. The van der Waals surface area contributed by atoms with Crippen molar-refractivity contribution >= 4 is 27.5 Å². The Hall–Kier alpha value is -0.830. The van der Waals surface area contributed by atoms with E-state index in [0.717, 1.165) is 17.9 Å². The quantitative estimate of drug-likeness (QED) is 0.777. The highest BCUT2D eigenvalue weighted by atomic mass is 79.9. The molecule has 0 aliphatic heterocycles. The fourth-order valence-corrected chi connectivity index (χ4v) is 3.74. The van der Waals surface area contributed by atoms with Crippen molar-refractivity contribution in [2.45, 2.75) is 31.8 Å². The molecule has 1 N–H and O–H groups in total. The van der Waals surface area contributed by atoms with E-state index in [-0.39, 0.29) is 0 Å². The van der Waals surface area contributed by atoms with E-state index in [1.54, 1.807) is 0 Å². The van der Waals surface area contributed by atoms with Crippen molar-refractivity contribution in [1.29, 1.82) is 0 Å². The number of nitrogens with one attached hydrogen (secondary N) is 1. The Kier molecular flexibility index (Phi) is 4.16. The molecule has 0 aromatic heterocycles. The minimum Gasteiger partial charge on any atom is -0.303 e. The molecule has 2 aromatic carbocycles. The zero-order valence-corrected chi connectivity index (χ0v) is 13.7. The van der Waals surface area contributed by atoms with Crippen molar-refractivity contribution in [2.75, 3.05) is 0 Å². The molecule has 1 unspecified atom stereocenters. The van der Waals surface area contributed by atoms with Crippen LogP contribution in [0, 0.1) is 0 Å². The van der Waals surface area contributed by atoms with E-state index in [2.05, 4.69) is 52.4 Å². The highest BCUT2D eigenvalue weighted by molar-refractivity contribution is 9.10. The minimum atomic E-state index is 0.295. The van der Waals surface area contributed by atoms with Gasteiger partial charge in [0.15, 0.2) is 0 Å². The van der Waals surface area contributed by atoms with Crippen LogP contribution in [0.25, 0.3) is 0 Å². The summed E-state index contributed by atoms with van der Waals surface area (Å²) in [6.45, 7) is 2.20. The zero-order valence-electron chi connectivity index (χ0n) is 11.4. The molecule has 0 radical (unpaired) electrons. The average molecular weight is 351 g/mol. The first kappa shape index (κ1) is 14.1. The summed E-state index contributed by atoms with van der Waals surface area (Å²) in [6.07, 6.45) is 2.29. The van der Waals surface area contributed by atoms with Crippen LogP contribution >= 0.6 is 27.5 Å². The van der Waals surface area contributed by atoms with Gasteiger partial charge in [0.05, 0.1) is 0 Å². The Morgan fingerprint density at radius 2 is 2.05 bits per heavy atom. The number of halogens is 2. The number of hydrogen-bond donors (Lipinski definition) is 1. The van der Waals surface area contributed by atoms with E-state index in [9.17, 15) is 0 Å². The molecule has 1 nitrogen and oxygen atoms in total. The molecule has 2 aromatic rings. The summed E-state index contributed by atoms with van der Waals surface area (Å²) in [5.41, 5.74) is 4.11. The fourth-order valence-electron chi connectivity index (χ4n) is 2.96. The fraction of sp³-hybridized carbons (Fsp3) is 0.294. The third-order valence-corrected chi connectivity index (χ3v) is 4.99. The molecule has 1 aliphatic rings. The summed E-state index contributed by atoms with van der Waals surface area (Å²) in [7, 11) is 0. The Bertz CT molecular complexity index is 626. The van der Waals surface area contributed by atoms with Crippen LogP contribution in [0.3, 0.4) is 0 Å². The van der Waals surface area contributed by atoms with Crippen LogP contribution in [0.5, 0.6) is 0 Å². The summed E-state index contributed by atoms with van der Waals surface area (Å²) in [4.78, 5) is 0. The number of benzene rings is 2. The monoisotopic (exact) mass is 349 g/mol. The smallest absolute Gasteiger partial charge is 0.0409 e. The molecule has 0 heterocycles. The molecule has 104 valence electrons. The van der Waals surface area contributed by atoms with Gasteiger partial charge in [-0.2, -0.15) is 0 Å². The van der Waals surface area contributed by atoms with E-state index in [0.29, 0.717) is 12.1 Å². The van der Waals surface area contributed by atoms with Gasteiger partial charge in [-0.3, -0.25) is 0 Å². The van der Waals surface area contributed by atoms with Gasteiger partial charge in [0.1, 0.15) is 0 Å². The summed E-state index contributed by atoms with van der Waals surface area (Å²) < 4.78 is 1.23. The molecule has 1 aliphatic carbocycles. The van der Waals surface area contributed by atoms with Crippen molar-refractivity contribution in [3.05, 3.63) is 68.7 Å². The summed E-state index contributed by atoms with van der Waals surface area (Å²) >= 11 is 9.72. The number of rotatable bonds is 3. The molecule has 0 bridgehead atoms. The second kappa shape index (κ2) is 5.88. The van der Waals surface area contributed by atoms with Crippen LogP contribution in [0.1, 0.15) is 42.1 Å². The standard InChI is InChI=1S/C17H17BrClN/c1-11(12-4-2-5-13(19)10-12)20-17-9-8-14-15(17)6-3-7-16(14)18/h2-7,10-11,17,20H,8-9H2,1H3/t11-,17?/m1/s1. The van der Waals surface area contributed by atoms with Crippen LogP contribution in [0.15, 0.2) is 46.9 Å². The molecular formula is C17H17BrClN. The first-order valence-corrected chi connectivity index (χ1v) is 8.11. The van der Waals surface area contributed by atoms with Crippen LogP contribution in [-0.2, 0) is 6.42 Å². The van der Waals surface area contributed by atoms with Gasteiger partial charge in [-0.05, 0) is 54.7 Å². The Labute approximate surface area is 133 Å². The van der Waals surface area contributed by atoms with Crippen LogP contribution in [-0.4, -0.2) is 0 Å². The van der Waals surface area contributed by atoms with Gasteiger partial charge in [-0.25, -0.2) is 0 Å². The van der Waals surface area contributed by atoms with Crippen LogP contribution in [0.2, 0.25) is 5.02 Å². The van der Waals surface area contributed by atoms with Crippen LogP contribution < -0.4 is 5.32 Å².